The highest BCUT2D eigenvalue weighted by Crippen LogP contribution is 2.38. The van der Waals surface area contributed by atoms with Gasteiger partial charge in [0, 0.05) is 26.6 Å². The molecule has 5 heteroatoms. The minimum Gasteiger partial charge on any atom is -0.490 e. The summed E-state index contributed by atoms with van der Waals surface area (Å²) in [4.78, 5) is 16.6. The molecule has 0 spiro atoms. The van der Waals surface area contributed by atoms with E-state index in [1.807, 2.05) is 6.07 Å². The van der Waals surface area contributed by atoms with Gasteiger partial charge in [-0.15, -0.1) is 0 Å². The molecule has 0 fully saturated rings. The fraction of sp³-hybridized carbons (Fsp3) is 0.647. The van der Waals surface area contributed by atoms with E-state index < -0.39 is 0 Å². The van der Waals surface area contributed by atoms with Gasteiger partial charge >= 0.3 is 0 Å². The Morgan fingerprint density at radius 1 is 1.32 bits per heavy atom. The van der Waals surface area contributed by atoms with Gasteiger partial charge in [-0.3, -0.25) is 4.79 Å². The number of hydrogen-bond donors (Lipinski definition) is 0. The molecule has 1 aliphatic carbocycles. The quantitative estimate of drug-likeness (QED) is 0.607. The lowest BCUT2D eigenvalue weighted by atomic mass is 9.71. The van der Waals surface area contributed by atoms with E-state index in [2.05, 4.69) is 25.8 Å². The highest BCUT2D eigenvalue weighted by atomic mass is 35.5. The minimum absolute atomic E-state index is 0.0778. The molecule has 0 saturated carbocycles. The molecule has 22 heavy (non-hydrogen) atoms. The molecule has 1 aliphatic rings. The van der Waals surface area contributed by atoms with Gasteiger partial charge < -0.3 is 9.47 Å². The third kappa shape index (κ3) is 3.99. The average molecular weight is 326 g/mol. The van der Waals surface area contributed by atoms with Crippen LogP contribution >= 0.6 is 11.6 Å². The zero-order valence-corrected chi connectivity index (χ0v) is 14.5. The molecule has 0 radical (unpaired) electrons. The Kier molecular flexibility index (Phi) is 5.45. The van der Waals surface area contributed by atoms with Crippen molar-refractivity contribution in [3.8, 4) is 5.75 Å². The molecule has 0 bridgehead atoms. The first-order valence-corrected chi connectivity index (χ1v) is 8.05. The maximum Gasteiger partial charge on any atom is 0.181 e. The van der Waals surface area contributed by atoms with E-state index >= 15 is 0 Å². The van der Waals surface area contributed by atoms with Crippen molar-refractivity contribution in [1.29, 1.82) is 0 Å². The van der Waals surface area contributed by atoms with Crippen molar-refractivity contribution >= 4 is 17.4 Å². The van der Waals surface area contributed by atoms with E-state index in [1.165, 1.54) is 0 Å². The summed E-state index contributed by atoms with van der Waals surface area (Å²) in [6.45, 7) is 7.66. The van der Waals surface area contributed by atoms with Gasteiger partial charge in [-0.25, -0.2) is 4.98 Å². The molecule has 1 atom stereocenters. The normalized spacial score (nSPS) is 18.2. The molecule has 0 amide bonds. The molecule has 122 valence electrons. The number of ether oxygens (including phenoxy) is 2. The second-order valence-corrected chi connectivity index (χ2v) is 7.23. The number of pyridine rings is 1. The molecule has 1 aromatic rings. The Hall–Kier alpha value is -1.13. The topological polar surface area (TPSA) is 48.4 Å². The predicted molar refractivity (Wildman–Crippen MR) is 86.8 cm³/mol. The number of ketones is 1. The minimum atomic E-state index is 0.0778. The highest BCUT2D eigenvalue weighted by Gasteiger charge is 2.34. The van der Waals surface area contributed by atoms with E-state index in [4.69, 9.17) is 21.1 Å². The van der Waals surface area contributed by atoms with Gasteiger partial charge in [0.2, 0.25) is 0 Å². The fourth-order valence-electron chi connectivity index (χ4n) is 2.67. The first-order chi connectivity index (χ1) is 10.3. The first kappa shape index (κ1) is 17.2. The maximum atomic E-state index is 12.3. The summed E-state index contributed by atoms with van der Waals surface area (Å²) in [7, 11) is 1.66. The number of fused-ring (bicyclic) bond motifs is 1. The van der Waals surface area contributed by atoms with Gasteiger partial charge in [0.15, 0.2) is 16.7 Å². The number of methoxy groups -OCH3 is 1. The van der Waals surface area contributed by atoms with Crippen LogP contribution in [0.5, 0.6) is 5.75 Å². The third-order valence-electron chi connectivity index (χ3n) is 4.16. The van der Waals surface area contributed by atoms with Crippen LogP contribution in [0.4, 0.5) is 0 Å². The second kappa shape index (κ2) is 6.97. The molecule has 1 heterocycles. The Balaban J connectivity index is 2.19. The number of hydrogen-bond acceptors (Lipinski definition) is 4. The predicted octanol–water partition coefficient (Wildman–Crippen LogP) is 3.94. The Bertz CT molecular complexity index is 552. The number of carbonyl (C=O) groups is 1. The van der Waals surface area contributed by atoms with Gasteiger partial charge in [-0.2, -0.15) is 0 Å². The van der Waals surface area contributed by atoms with E-state index in [0.717, 1.165) is 18.4 Å². The summed E-state index contributed by atoms with van der Waals surface area (Å²) in [6.07, 6.45) is 2.16. The van der Waals surface area contributed by atoms with Gasteiger partial charge in [-0.05, 0) is 29.4 Å². The largest absolute Gasteiger partial charge is 0.490 e. The van der Waals surface area contributed by atoms with Crippen molar-refractivity contribution in [2.45, 2.75) is 40.0 Å². The first-order valence-electron chi connectivity index (χ1n) is 7.67. The lowest BCUT2D eigenvalue weighted by molar-refractivity contribution is 0.0887. The Labute approximate surface area is 137 Å². The van der Waals surface area contributed by atoms with Crippen LogP contribution in [0.25, 0.3) is 0 Å². The van der Waals surface area contributed by atoms with Crippen molar-refractivity contribution in [3.63, 3.8) is 0 Å². The highest BCUT2D eigenvalue weighted by molar-refractivity contribution is 6.31. The van der Waals surface area contributed by atoms with E-state index in [9.17, 15) is 4.79 Å². The number of carbonyl (C=O) groups excluding carboxylic acids is 1. The fourth-order valence-corrected chi connectivity index (χ4v) is 2.86. The summed E-state index contributed by atoms with van der Waals surface area (Å²) in [5.41, 5.74) is 1.55. The summed E-state index contributed by atoms with van der Waals surface area (Å²) >= 11 is 6.15. The van der Waals surface area contributed by atoms with Crippen LogP contribution in [-0.2, 0) is 11.2 Å². The van der Waals surface area contributed by atoms with Crippen LogP contribution in [0.15, 0.2) is 6.07 Å². The molecular weight excluding hydrogens is 302 g/mol. The molecule has 0 saturated heterocycles. The molecule has 1 unspecified atom stereocenters. The van der Waals surface area contributed by atoms with Gasteiger partial charge in [0.1, 0.15) is 5.69 Å². The molecule has 0 N–H and O–H groups in total. The van der Waals surface area contributed by atoms with Gasteiger partial charge in [0.25, 0.3) is 0 Å². The van der Waals surface area contributed by atoms with Crippen LogP contribution in [-0.4, -0.2) is 31.1 Å². The molecule has 2 rings (SSSR count). The standard InChI is InChI=1S/C17H24ClNO3/c1-17(2,3)12-8-11-9-14(22-7-5-6-21-4)16(18)19-15(11)13(20)10-12/h9,12H,5-8,10H2,1-4H3. The number of Topliss-reactive ketones (excluding diaryl/α,β-unsaturated/α-hetero) is 1. The van der Waals surface area contributed by atoms with Crippen molar-refractivity contribution in [1.82, 2.24) is 4.98 Å². The third-order valence-corrected chi connectivity index (χ3v) is 4.43. The van der Waals surface area contributed by atoms with Gasteiger partial charge in [-0.1, -0.05) is 32.4 Å². The van der Waals surface area contributed by atoms with E-state index in [1.54, 1.807) is 7.11 Å². The SMILES string of the molecule is COCCCOc1cc2c(nc1Cl)C(=O)CC(C(C)(C)C)C2. The zero-order chi connectivity index (χ0) is 16.3. The van der Waals surface area contributed by atoms with E-state index in [0.29, 0.717) is 37.0 Å². The molecule has 4 nitrogen and oxygen atoms in total. The summed E-state index contributed by atoms with van der Waals surface area (Å²) in [5, 5.41) is 0.263. The summed E-state index contributed by atoms with van der Waals surface area (Å²) < 4.78 is 10.7. The lowest BCUT2D eigenvalue weighted by Crippen LogP contribution is -2.30. The molecule has 1 aromatic heterocycles. The monoisotopic (exact) mass is 325 g/mol. The van der Waals surface area contributed by atoms with Crippen LogP contribution in [0.1, 0.15) is 49.7 Å². The Morgan fingerprint density at radius 2 is 2.05 bits per heavy atom. The second-order valence-electron chi connectivity index (χ2n) is 6.87. The average Bonchev–Trinajstić information content (AvgIpc) is 2.43. The number of rotatable bonds is 5. The molecule has 0 aliphatic heterocycles. The molecule has 0 aromatic carbocycles. The number of nitrogens with zero attached hydrogens (tertiary/aromatic N) is 1. The van der Waals surface area contributed by atoms with Crippen molar-refractivity contribution < 1.29 is 14.3 Å². The van der Waals surface area contributed by atoms with Crippen molar-refractivity contribution in [2.75, 3.05) is 20.3 Å². The van der Waals surface area contributed by atoms with Crippen LogP contribution in [0.3, 0.4) is 0 Å². The number of halogens is 1. The van der Waals surface area contributed by atoms with Crippen molar-refractivity contribution in [2.24, 2.45) is 11.3 Å². The summed E-state index contributed by atoms with van der Waals surface area (Å²) in [5.74, 6) is 0.949. The van der Waals surface area contributed by atoms with Crippen LogP contribution < -0.4 is 4.74 Å². The smallest absolute Gasteiger partial charge is 0.181 e. The van der Waals surface area contributed by atoms with Crippen LogP contribution in [0, 0.1) is 11.3 Å². The Morgan fingerprint density at radius 3 is 2.68 bits per heavy atom. The number of aromatic nitrogens is 1. The van der Waals surface area contributed by atoms with Gasteiger partial charge in [0.05, 0.1) is 6.61 Å². The maximum absolute atomic E-state index is 12.3. The summed E-state index contributed by atoms with van der Waals surface area (Å²) in [6, 6.07) is 1.88. The van der Waals surface area contributed by atoms with Crippen LogP contribution in [0.2, 0.25) is 5.15 Å². The zero-order valence-electron chi connectivity index (χ0n) is 13.7. The molecular formula is C17H24ClNO3. The lowest BCUT2D eigenvalue weighted by Gasteiger charge is -2.33. The van der Waals surface area contributed by atoms with Crippen molar-refractivity contribution in [3.05, 3.63) is 22.5 Å². The van der Waals surface area contributed by atoms with E-state index in [-0.39, 0.29) is 16.4 Å².